The van der Waals surface area contributed by atoms with Gasteiger partial charge in [0.15, 0.2) is 11.5 Å². The van der Waals surface area contributed by atoms with Crippen molar-refractivity contribution < 1.29 is 9.47 Å². The van der Waals surface area contributed by atoms with Crippen LogP contribution in [0, 0.1) is 0 Å². The van der Waals surface area contributed by atoms with Crippen molar-refractivity contribution in [2.45, 2.75) is 18.6 Å². The van der Waals surface area contributed by atoms with Crippen LogP contribution in [0.25, 0.3) is 5.69 Å². The van der Waals surface area contributed by atoms with E-state index < -0.39 is 0 Å². The van der Waals surface area contributed by atoms with Gasteiger partial charge < -0.3 is 14.8 Å². The highest BCUT2D eigenvalue weighted by Crippen LogP contribution is 2.34. The summed E-state index contributed by atoms with van der Waals surface area (Å²) in [6, 6.07) is 13.8. The number of ether oxygens (including phenoxy) is 2. The molecule has 10 heteroatoms. The van der Waals surface area contributed by atoms with E-state index in [1.807, 2.05) is 49.4 Å². The average Bonchev–Trinajstić information content (AvgIpc) is 3.18. The molecular weight excluding hydrogens is 478 g/mol. The molecule has 0 saturated carbocycles. The van der Waals surface area contributed by atoms with E-state index in [9.17, 15) is 0 Å². The normalized spacial score (nSPS) is 10.4. The van der Waals surface area contributed by atoms with Crippen molar-refractivity contribution in [2.75, 3.05) is 26.0 Å². The minimum Gasteiger partial charge on any atom is -0.493 e. The summed E-state index contributed by atoms with van der Waals surface area (Å²) in [5, 5.41) is 16.2. The second-order valence-corrected chi connectivity index (χ2v) is 7.74. The van der Waals surface area contributed by atoms with Crippen LogP contribution in [0.5, 0.6) is 11.5 Å². The Balaban J connectivity index is 0.00000300. The molecule has 0 aliphatic rings. The molecule has 0 aliphatic carbocycles. The predicted molar refractivity (Wildman–Crippen MR) is 121 cm³/mol. The van der Waals surface area contributed by atoms with Crippen LogP contribution in [0.15, 0.2) is 52.1 Å². The molecule has 156 valence electrons. The molecule has 0 atom stereocenters. The summed E-state index contributed by atoms with van der Waals surface area (Å²) in [5.74, 6) is 2.34. The molecule has 0 aliphatic heterocycles. The van der Waals surface area contributed by atoms with Crippen LogP contribution in [0.3, 0.4) is 0 Å². The maximum absolute atomic E-state index is 5.77. The first-order valence-electron chi connectivity index (χ1n) is 8.89. The molecule has 0 bridgehead atoms. The van der Waals surface area contributed by atoms with Gasteiger partial charge in [0.25, 0.3) is 0 Å². The van der Waals surface area contributed by atoms with E-state index in [4.69, 9.17) is 9.47 Å². The van der Waals surface area contributed by atoms with Crippen molar-refractivity contribution in [2.24, 2.45) is 0 Å². The van der Waals surface area contributed by atoms with Gasteiger partial charge in [-0.25, -0.2) is 0 Å². The first-order valence-corrected chi connectivity index (χ1v) is 10.7. The maximum atomic E-state index is 5.77. The summed E-state index contributed by atoms with van der Waals surface area (Å²) in [6.07, 6.45) is 0. The summed E-state index contributed by atoms with van der Waals surface area (Å²) in [5.41, 5.74) is 2.00. The number of methoxy groups -OCH3 is 1. The number of hydrogen-bond acceptors (Lipinski definition) is 7. The van der Waals surface area contributed by atoms with Gasteiger partial charge in [-0.1, -0.05) is 45.9 Å². The molecule has 0 amide bonds. The van der Waals surface area contributed by atoms with Gasteiger partial charge in [-0.2, -0.15) is 4.68 Å². The highest BCUT2D eigenvalue weighted by molar-refractivity contribution is 9.10. The highest BCUT2D eigenvalue weighted by atomic mass is 79.9. The Bertz CT molecular complexity index is 898. The van der Waals surface area contributed by atoms with Crippen LogP contribution >= 0.6 is 40.1 Å². The Hall–Kier alpha value is -1.81. The van der Waals surface area contributed by atoms with Crippen LogP contribution in [-0.4, -0.2) is 46.2 Å². The van der Waals surface area contributed by atoms with Gasteiger partial charge in [0.1, 0.15) is 0 Å². The van der Waals surface area contributed by atoms with E-state index in [0.717, 1.165) is 44.7 Å². The molecular formula is C19H23BrClN5O2S. The molecule has 0 saturated heterocycles. The monoisotopic (exact) mass is 499 g/mol. The van der Waals surface area contributed by atoms with Gasteiger partial charge >= 0.3 is 0 Å². The average molecular weight is 501 g/mol. The molecule has 0 radical (unpaired) electrons. The standard InChI is InChI=1S/C19H22BrN5O2S.ClH/c1-3-27-18-14(11-15(20)12-17(18)26-2)13-21-9-10-28-19-22-23-24-25(19)16-7-5-4-6-8-16;/h4-8,11-12,21H,3,9-10,13H2,1-2H3;1H. The molecule has 3 rings (SSSR count). The smallest absolute Gasteiger partial charge is 0.214 e. The molecule has 3 aromatic rings. The molecule has 29 heavy (non-hydrogen) atoms. The topological polar surface area (TPSA) is 74.1 Å². The van der Waals surface area contributed by atoms with Gasteiger partial charge in [-0.3, -0.25) is 0 Å². The number of benzene rings is 2. The van der Waals surface area contributed by atoms with Crippen molar-refractivity contribution in [3.8, 4) is 17.2 Å². The van der Waals surface area contributed by atoms with E-state index in [1.165, 1.54) is 0 Å². The van der Waals surface area contributed by atoms with Crippen LogP contribution in [0.1, 0.15) is 12.5 Å². The van der Waals surface area contributed by atoms with E-state index in [2.05, 4.69) is 36.8 Å². The largest absolute Gasteiger partial charge is 0.493 e. The number of para-hydroxylation sites is 1. The lowest BCUT2D eigenvalue weighted by Gasteiger charge is -2.15. The summed E-state index contributed by atoms with van der Waals surface area (Å²) in [6.45, 7) is 4.03. The van der Waals surface area contributed by atoms with Gasteiger partial charge in [-0.15, -0.1) is 17.5 Å². The number of halogens is 2. The third-order valence-corrected chi connectivity index (χ3v) is 5.25. The quantitative estimate of drug-likeness (QED) is 0.331. The first kappa shape index (κ1) is 23.5. The number of rotatable bonds is 10. The fourth-order valence-electron chi connectivity index (χ4n) is 2.65. The lowest BCUT2D eigenvalue weighted by Crippen LogP contribution is -2.17. The predicted octanol–water partition coefficient (Wildman–Crippen LogP) is 4.14. The van der Waals surface area contributed by atoms with Gasteiger partial charge in [0.2, 0.25) is 5.16 Å². The SMILES string of the molecule is CCOc1c(CNCCSc2nnnn2-c2ccccc2)cc(Br)cc1OC.Cl. The zero-order chi connectivity index (χ0) is 19.8. The minimum absolute atomic E-state index is 0. The van der Waals surface area contributed by atoms with Crippen LogP contribution in [-0.2, 0) is 6.54 Å². The third-order valence-electron chi connectivity index (χ3n) is 3.87. The zero-order valence-corrected chi connectivity index (χ0v) is 19.4. The molecule has 0 unspecified atom stereocenters. The molecule has 1 N–H and O–H groups in total. The van der Waals surface area contributed by atoms with Crippen LogP contribution in [0.4, 0.5) is 0 Å². The van der Waals surface area contributed by atoms with Gasteiger partial charge in [0.05, 0.1) is 19.4 Å². The van der Waals surface area contributed by atoms with Crippen molar-refractivity contribution in [1.82, 2.24) is 25.5 Å². The summed E-state index contributed by atoms with van der Waals surface area (Å²) < 4.78 is 13.9. The Labute approximate surface area is 189 Å². The van der Waals surface area contributed by atoms with Crippen molar-refractivity contribution >= 4 is 40.1 Å². The number of thioether (sulfide) groups is 1. The lowest BCUT2D eigenvalue weighted by molar-refractivity contribution is 0.306. The fraction of sp³-hybridized carbons (Fsp3) is 0.316. The second-order valence-electron chi connectivity index (χ2n) is 5.76. The van der Waals surface area contributed by atoms with Gasteiger partial charge in [0, 0.05) is 28.9 Å². The van der Waals surface area contributed by atoms with Gasteiger partial charge in [-0.05, 0) is 41.6 Å². The highest BCUT2D eigenvalue weighted by Gasteiger charge is 2.12. The molecule has 0 spiro atoms. The van der Waals surface area contributed by atoms with E-state index in [-0.39, 0.29) is 12.4 Å². The molecule has 2 aromatic carbocycles. The summed E-state index contributed by atoms with van der Waals surface area (Å²) >= 11 is 5.13. The Kier molecular flexibility index (Phi) is 9.72. The molecule has 1 heterocycles. The van der Waals surface area contributed by atoms with Crippen molar-refractivity contribution in [3.05, 3.63) is 52.5 Å². The Morgan fingerprint density at radius 3 is 2.72 bits per heavy atom. The van der Waals surface area contributed by atoms with E-state index in [0.29, 0.717) is 13.2 Å². The van der Waals surface area contributed by atoms with Crippen LogP contribution in [0.2, 0.25) is 0 Å². The Morgan fingerprint density at radius 2 is 2.00 bits per heavy atom. The first-order chi connectivity index (χ1) is 13.7. The van der Waals surface area contributed by atoms with E-state index >= 15 is 0 Å². The third kappa shape index (κ3) is 6.33. The maximum Gasteiger partial charge on any atom is 0.214 e. The van der Waals surface area contributed by atoms with E-state index in [1.54, 1.807) is 23.6 Å². The molecule has 1 aromatic heterocycles. The Morgan fingerprint density at radius 1 is 1.21 bits per heavy atom. The second kappa shape index (κ2) is 12.0. The summed E-state index contributed by atoms with van der Waals surface area (Å²) in [4.78, 5) is 0. The van der Waals surface area contributed by atoms with Crippen molar-refractivity contribution in [1.29, 1.82) is 0 Å². The number of tetrazole rings is 1. The zero-order valence-electron chi connectivity index (χ0n) is 16.2. The fourth-order valence-corrected chi connectivity index (χ4v) is 3.92. The minimum atomic E-state index is 0. The van der Waals surface area contributed by atoms with Crippen LogP contribution < -0.4 is 14.8 Å². The number of hydrogen-bond donors (Lipinski definition) is 1. The molecule has 7 nitrogen and oxygen atoms in total. The number of aromatic nitrogens is 4. The van der Waals surface area contributed by atoms with Crippen molar-refractivity contribution in [3.63, 3.8) is 0 Å². The number of nitrogens with zero attached hydrogens (tertiary/aromatic N) is 4. The molecule has 0 fully saturated rings. The lowest BCUT2D eigenvalue weighted by atomic mass is 10.2. The summed E-state index contributed by atoms with van der Waals surface area (Å²) in [7, 11) is 1.65. The number of nitrogens with one attached hydrogen (secondary N) is 1.